The van der Waals surface area contributed by atoms with Crippen LogP contribution in [0.2, 0.25) is 0 Å². The van der Waals surface area contributed by atoms with Gasteiger partial charge in [0.1, 0.15) is 0 Å². The van der Waals surface area contributed by atoms with Gasteiger partial charge in [-0.1, -0.05) is 15.9 Å². The number of halogens is 1. The Morgan fingerprint density at radius 1 is 1.62 bits per heavy atom. The van der Waals surface area contributed by atoms with E-state index in [0.29, 0.717) is 17.5 Å². The van der Waals surface area contributed by atoms with E-state index in [1.54, 1.807) is 6.26 Å². The third kappa shape index (κ3) is 8.43. The van der Waals surface area contributed by atoms with E-state index in [0.717, 1.165) is 6.42 Å². The summed E-state index contributed by atoms with van der Waals surface area (Å²) in [6.45, 7) is 1.93. The van der Waals surface area contributed by atoms with Gasteiger partial charge in [0.15, 0.2) is 0 Å². The Morgan fingerprint density at radius 2 is 2.23 bits per heavy atom. The van der Waals surface area contributed by atoms with Gasteiger partial charge < -0.3 is 5.32 Å². The number of carbonyl (C=O) groups excluding carboxylic acids is 1. The zero-order valence-electron chi connectivity index (χ0n) is 8.01. The highest BCUT2D eigenvalue weighted by Crippen LogP contribution is 1.94. The van der Waals surface area contributed by atoms with Crippen molar-refractivity contribution in [3.05, 3.63) is 0 Å². The van der Waals surface area contributed by atoms with Gasteiger partial charge in [0.05, 0.1) is 0 Å². The first-order valence-corrected chi connectivity index (χ1v) is 7.06. The highest BCUT2D eigenvalue weighted by Gasteiger charge is 2.06. The number of nitrogens with one attached hydrogen (secondary N) is 1. The first kappa shape index (κ1) is 13.1. The van der Waals surface area contributed by atoms with E-state index in [9.17, 15) is 9.00 Å². The Kier molecular flexibility index (Phi) is 7.56. The Balaban J connectivity index is 3.55. The Labute approximate surface area is 90.2 Å². The molecule has 0 rings (SSSR count). The molecule has 2 unspecified atom stereocenters. The smallest absolute Gasteiger partial charge is 0.221 e. The van der Waals surface area contributed by atoms with E-state index < -0.39 is 10.8 Å². The average molecular weight is 270 g/mol. The van der Waals surface area contributed by atoms with Crippen molar-refractivity contribution in [2.24, 2.45) is 0 Å². The van der Waals surface area contributed by atoms with Gasteiger partial charge in [0.2, 0.25) is 5.91 Å². The van der Waals surface area contributed by atoms with Gasteiger partial charge in [-0.3, -0.25) is 9.00 Å². The van der Waals surface area contributed by atoms with Crippen molar-refractivity contribution in [2.45, 2.75) is 25.8 Å². The minimum absolute atomic E-state index is 0.0475. The van der Waals surface area contributed by atoms with Gasteiger partial charge in [0, 0.05) is 40.6 Å². The van der Waals surface area contributed by atoms with Gasteiger partial charge in [-0.25, -0.2) is 0 Å². The molecule has 0 fully saturated rings. The molecule has 13 heavy (non-hydrogen) atoms. The lowest BCUT2D eigenvalue weighted by Gasteiger charge is -2.12. The van der Waals surface area contributed by atoms with Gasteiger partial charge in [-0.05, 0) is 13.3 Å². The normalized spacial score (nSPS) is 15.0. The van der Waals surface area contributed by atoms with Crippen molar-refractivity contribution in [3.63, 3.8) is 0 Å². The molecule has 2 atom stereocenters. The van der Waals surface area contributed by atoms with Crippen LogP contribution in [0.1, 0.15) is 19.8 Å². The van der Waals surface area contributed by atoms with Crippen molar-refractivity contribution in [2.75, 3.05) is 17.3 Å². The molecule has 0 saturated heterocycles. The maximum Gasteiger partial charge on any atom is 0.221 e. The molecule has 0 aliphatic rings. The van der Waals surface area contributed by atoms with Crippen LogP contribution in [0.3, 0.4) is 0 Å². The molecule has 3 nitrogen and oxygen atoms in total. The van der Waals surface area contributed by atoms with Crippen molar-refractivity contribution < 1.29 is 9.00 Å². The predicted octanol–water partition coefficient (Wildman–Crippen LogP) is 1.04. The van der Waals surface area contributed by atoms with E-state index in [1.807, 2.05) is 6.92 Å². The maximum atomic E-state index is 11.1. The van der Waals surface area contributed by atoms with Gasteiger partial charge in [-0.2, -0.15) is 0 Å². The Hall–Kier alpha value is 0.1000. The topological polar surface area (TPSA) is 46.2 Å². The summed E-state index contributed by atoms with van der Waals surface area (Å²) in [5, 5.41) is 3.52. The number of hydrogen-bond donors (Lipinski definition) is 1. The van der Waals surface area contributed by atoms with Crippen molar-refractivity contribution >= 4 is 32.6 Å². The zero-order chi connectivity index (χ0) is 10.3. The summed E-state index contributed by atoms with van der Waals surface area (Å²) >= 11 is 3.19. The van der Waals surface area contributed by atoms with Crippen LogP contribution in [0.4, 0.5) is 0 Å². The van der Waals surface area contributed by atoms with Crippen LogP contribution < -0.4 is 5.32 Å². The fourth-order valence-corrected chi connectivity index (χ4v) is 1.89. The lowest BCUT2D eigenvalue weighted by molar-refractivity contribution is -0.121. The number of rotatable bonds is 6. The first-order chi connectivity index (χ1) is 6.06. The standard InChI is InChI=1S/C8H16BrNO2S/c1-7(4-6-13(2)12)10-8(11)3-5-9/h7H,3-6H2,1-2H3,(H,10,11). The lowest BCUT2D eigenvalue weighted by Crippen LogP contribution is -2.33. The Morgan fingerprint density at radius 3 is 2.69 bits per heavy atom. The fourth-order valence-electron chi connectivity index (χ4n) is 0.848. The van der Waals surface area contributed by atoms with Gasteiger partial charge in [0.25, 0.3) is 0 Å². The summed E-state index contributed by atoms with van der Waals surface area (Å²) in [5.41, 5.74) is 0. The minimum Gasteiger partial charge on any atom is -0.354 e. The molecule has 0 radical (unpaired) electrons. The molecular weight excluding hydrogens is 254 g/mol. The Bertz CT molecular complexity index is 187. The van der Waals surface area contributed by atoms with Crippen LogP contribution >= 0.6 is 15.9 Å². The maximum absolute atomic E-state index is 11.1. The average Bonchev–Trinajstić information content (AvgIpc) is 2.01. The number of carbonyl (C=O) groups is 1. The van der Waals surface area contributed by atoms with Crippen LogP contribution in [0.5, 0.6) is 0 Å². The molecule has 5 heteroatoms. The highest BCUT2D eigenvalue weighted by atomic mass is 79.9. The van der Waals surface area contributed by atoms with Crippen molar-refractivity contribution in [1.29, 1.82) is 0 Å². The summed E-state index contributed by atoms with van der Waals surface area (Å²) in [7, 11) is -0.765. The van der Waals surface area contributed by atoms with Gasteiger partial charge >= 0.3 is 0 Å². The van der Waals surface area contributed by atoms with Crippen LogP contribution in [-0.2, 0) is 15.6 Å². The first-order valence-electron chi connectivity index (χ1n) is 4.21. The van der Waals surface area contributed by atoms with E-state index in [-0.39, 0.29) is 11.9 Å². The largest absolute Gasteiger partial charge is 0.354 e. The summed E-state index contributed by atoms with van der Waals surface area (Å²) in [5.74, 6) is 0.696. The molecule has 0 saturated carbocycles. The zero-order valence-corrected chi connectivity index (χ0v) is 10.4. The molecule has 0 heterocycles. The molecule has 0 aromatic rings. The molecule has 0 aromatic carbocycles. The number of hydrogen-bond acceptors (Lipinski definition) is 2. The van der Waals surface area contributed by atoms with Crippen LogP contribution in [-0.4, -0.2) is 33.5 Å². The molecule has 1 N–H and O–H groups in total. The molecule has 1 amide bonds. The number of alkyl halides is 1. The fraction of sp³-hybridized carbons (Fsp3) is 0.875. The number of amides is 1. The van der Waals surface area contributed by atoms with Crippen molar-refractivity contribution in [3.8, 4) is 0 Å². The highest BCUT2D eigenvalue weighted by molar-refractivity contribution is 9.09. The molecule has 0 aromatic heterocycles. The summed E-state index contributed by atoms with van der Waals surface area (Å²) in [6.07, 6.45) is 2.95. The molecule has 0 spiro atoms. The monoisotopic (exact) mass is 269 g/mol. The molecular formula is C8H16BrNO2S. The van der Waals surface area contributed by atoms with Gasteiger partial charge in [-0.15, -0.1) is 0 Å². The summed E-state index contributed by atoms with van der Waals surface area (Å²) in [4.78, 5) is 11.1. The van der Waals surface area contributed by atoms with E-state index in [1.165, 1.54) is 0 Å². The predicted molar refractivity (Wildman–Crippen MR) is 59.6 cm³/mol. The van der Waals surface area contributed by atoms with E-state index >= 15 is 0 Å². The second kappa shape index (κ2) is 7.50. The van der Waals surface area contributed by atoms with Crippen LogP contribution in [0.15, 0.2) is 0 Å². The minimum atomic E-state index is -0.765. The summed E-state index contributed by atoms with van der Waals surface area (Å²) < 4.78 is 10.8. The molecule has 0 bridgehead atoms. The second-order valence-electron chi connectivity index (χ2n) is 2.97. The molecule has 0 aliphatic heterocycles. The van der Waals surface area contributed by atoms with E-state index in [2.05, 4.69) is 21.2 Å². The third-order valence-electron chi connectivity index (χ3n) is 1.57. The second-order valence-corrected chi connectivity index (χ2v) is 5.32. The van der Waals surface area contributed by atoms with Crippen LogP contribution in [0.25, 0.3) is 0 Å². The molecule has 78 valence electrons. The quantitative estimate of drug-likeness (QED) is 0.733. The third-order valence-corrected chi connectivity index (χ3v) is 2.77. The lowest BCUT2D eigenvalue weighted by atomic mass is 10.2. The van der Waals surface area contributed by atoms with E-state index in [4.69, 9.17) is 0 Å². The SMILES string of the molecule is CC(CCS(C)=O)NC(=O)CCBr. The summed E-state index contributed by atoms with van der Waals surface area (Å²) in [6, 6.07) is 0.121. The molecule has 0 aliphatic carbocycles. The van der Waals surface area contributed by atoms with Crippen LogP contribution in [0, 0.1) is 0 Å². The van der Waals surface area contributed by atoms with Crippen molar-refractivity contribution in [1.82, 2.24) is 5.32 Å².